The first-order valence-electron chi connectivity index (χ1n) is 10.3. The Labute approximate surface area is 192 Å². The van der Waals surface area contributed by atoms with Crippen molar-refractivity contribution in [2.24, 2.45) is 0 Å². The lowest BCUT2D eigenvalue weighted by Gasteiger charge is -2.42. The van der Waals surface area contributed by atoms with Crippen LogP contribution >= 0.6 is 23.1 Å². The summed E-state index contributed by atoms with van der Waals surface area (Å²) < 4.78 is 10.5. The average Bonchev–Trinajstić information content (AvgIpc) is 3.04. The quantitative estimate of drug-likeness (QED) is 0.454. The van der Waals surface area contributed by atoms with Gasteiger partial charge in [-0.3, -0.25) is 4.79 Å². The number of ether oxygens (including phenoxy) is 2. The minimum absolute atomic E-state index is 0.157. The number of anilines is 1. The molecule has 168 valence electrons. The molecule has 2 N–H and O–H groups in total. The van der Waals surface area contributed by atoms with E-state index in [2.05, 4.69) is 38.3 Å². The van der Waals surface area contributed by atoms with E-state index in [0.29, 0.717) is 17.0 Å². The molecular weight excluding hydrogens is 432 g/mol. The number of hydrogen-bond donors (Lipinski definition) is 2. The van der Waals surface area contributed by atoms with Crippen molar-refractivity contribution in [2.75, 3.05) is 24.8 Å². The van der Waals surface area contributed by atoms with Gasteiger partial charge in [0, 0.05) is 20.9 Å². The van der Waals surface area contributed by atoms with E-state index >= 15 is 0 Å². The van der Waals surface area contributed by atoms with Gasteiger partial charge in [-0.1, -0.05) is 0 Å². The van der Waals surface area contributed by atoms with Crippen LogP contribution in [0.5, 0.6) is 5.75 Å². The molecule has 1 aliphatic rings. The highest BCUT2D eigenvalue weighted by Gasteiger charge is 2.42. The van der Waals surface area contributed by atoms with Crippen LogP contribution in [0.3, 0.4) is 0 Å². The van der Waals surface area contributed by atoms with Gasteiger partial charge < -0.3 is 20.1 Å². The van der Waals surface area contributed by atoms with Gasteiger partial charge in [-0.25, -0.2) is 4.79 Å². The van der Waals surface area contributed by atoms with E-state index in [-0.39, 0.29) is 35.3 Å². The van der Waals surface area contributed by atoms with Crippen molar-refractivity contribution in [2.45, 2.75) is 57.0 Å². The molecule has 0 unspecified atom stereocenters. The summed E-state index contributed by atoms with van der Waals surface area (Å²) in [4.78, 5) is 27.6. The fourth-order valence-electron chi connectivity index (χ4n) is 4.02. The zero-order valence-corrected chi connectivity index (χ0v) is 20.5. The second kappa shape index (κ2) is 9.22. The lowest BCUT2D eigenvalue weighted by Crippen LogP contribution is -2.55. The minimum atomic E-state index is -0.383. The Morgan fingerprint density at radius 1 is 1.19 bits per heavy atom. The molecule has 0 aliphatic carbocycles. The molecule has 0 saturated carbocycles. The maximum absolute atomic E-state index is 12.8. The van der Waals surface area contributed by atoms with Gasteiger partial charge in [-0.05, 0) is 70.9 Å². The first kappa shape index (κ1) is 23.6. The van der Waals surface area contributed by atoms with Crippen molar-refractivity contribution in [3.05, 3.63) is 40.3 Å². The van der Waals surface area contributed by atoms with E-state index in [4.69, 9.17) is 9.47 Å². The molecule has 6 nitrogen and oxygen atoms in total. The summed E-state index contributed by atoms with van der Waals surface area (Å²) in [5.74, 6) is 0.474. The summed E-state index contributed by atoms with van der Waals surface area (Å²) in [5.41, 5.74) is 0.969. The van der Waals surface area contributed by atoms with Crippen LogP contribution in [0.1, 0.15) is 55.4 Å². The molecular formula is C23H30N2O4S2. The van der Waals surface area contributed by atoms with Gasteiger partial charge in [0.1, 0.15) is 10.8 Å². The van der Waals surface area contributed by atoms with E-state index in [1.165, 1.54) is 23.1 Å². The Kier molecular flexibility index (Phi) is 7.03. The van der Waals surface area contributed by atoms with Crippen LogP contribution < -0.4 is 15.4 Å². The molecule has 1 aromatic carbocycles. The molecule has 0 radical (unpaired) electrons. The number of esters is 1. The summed E-state index contributed by atoms with van der Waals surface area (Å²) in [7, 11) is 1.62. The maximum atomic E-state index is 12.8. The molecule has 8 heteroatoms. The fraction of sp³-hybridized carbons (Fsp3) is 0.478. The Bertz CT molecular complexity index is 965. The number of thiophene rings is 1. The number of nitrogens with one attached hydrogen (secondary N) is 2. The number of benzene rings is 1. The standard InChI is InChI=1S/C23H30N2O4S2/c1-7-29-21(27)18-16-12-22(2,3)25-23(4,5)19(16)31-20(18)24-17(26)13-30-15-10-8-14(28-6)9-11-15/h8-11,25H,7,12-13H2,1-6H3,(H,24,26). The van der Waals surface area contributed by atoms with Crippen molar-refractivity contribution >= 4 is 40.0 Å². The van der Waals surface area contributed by atoms with Crippen LogP contribution in [0, 0.1) is 0 Å². The first-order valence-corrected chi connectivity index (χ1v) is 12.1. The molecule has 2 aromatic rings. The van der Waals surface area contributed by atoms with Crippen LogP contribution in [0.2, 0.25) is 0 Å². The van der Waals surface area contributed by atoms with Crippen LogP contribution in [0.15, 0.2) is 29.2 Å². The summed E-state index contributed by atoms with van der Waals surface area (Å²) in [5, 5.41) is 7.18. The zero-order chi connectivity index (χ0) is 22.8. The topological polar surface area (TPSA) is 76.7 Å². The molecule has 0 saturated heterocycles. The van der Waals surface area contributed by atoms with Gasteiger partial charge >= 0.3 is 5.97 Å². The number of hydrogen-bond acceptors (Lipinski definition) is 7. The predicted octanol–water partition coefficient (Wildman–Crippen LogP) is 4.82. The van der Waals surface area contributed by atoms with Gasteiger partial charge in [0.05, 0.1) is 25.0 Å². The molecule has 1 aromatic heterocycles. The van der Waals surface area contributed by atoms with Crippen molar-refractivity contribution in [1.29, 1.82) is 0 Å². The predicted molar refractivity (Wildman–Crippen MR) is 127 cm³/mol. The fourth-order valence-corrected chi connectivity index (χ4v) is 6.00. The molecule has 2 heterocycles. The number of thioether (sulfide) groups is 1. The lowest BCUT2D eigenvalue weighted by molar-refractivity contribution is -0.113. The second-order valence-electron chi connectivity index (χ2n) is 8.66. The third-order valence-electron chi connectivity index (χ3n) is 5.01. The molecule has 1 amide bonds. The van der Waals surface area contributed by atoms with E-state index in [1.54, 1.807) is 14.0 Å². The normalized spacial score (nSPS) is 16.3. The van der Waals surface area contributed by atoms with E-state index in [9.17, 15) is 9.59 Å². The van der Waals surface area contributed by atoms with E-state index in [1.807, 2.05) is 24.3 Å². The Morgan fingerprint density at radius 2 is 1.87 bits per heavy atom. The van der Waals surface area contributed by atoms with Gasteiger partial charge in [0.25, 0.3) is 0 Å². The Morgan fingerprint density at radius 3 is 2.48 bits per heavy atom. The Hall–Kier alpha value is -2.03. The number of carbonyl (C=O) groups is 2. The summed E-state index contributed by atoms with van der Waals surface area (Å²) in [6.07, 6.45) is 0.687. The van der Waals surface area contributed by atoms with Crippen molar-refractivity contribution < 1.29 is 19.1 Å². The number of rotatable bonds is 7. The highest BCUT2D eigenvalue weighted by Crippen LogP contribution is 2.45. The SMILES string of the molecule is CCOC(=O)c1c(NC(=O)CSc2ccc(OC)cc2)sc2c1CC(C)(C)NC2(C)C. The summed E-state index contributed by atoms with van der Waals surface area (Å²) in [6, 6.07) is 7.56. The van der Waals surface area contributed by atoms with Gasteiger partial charge in [-0.2, -0.15) is 0 Å². The highest BCUT2D eigenvalue weighted by atomic mass is 32.2. The number of amides is 1. The molecule has 0 spiro atoms. The molecule has 0 fully saturated rings. The van der Waals surface area contributed by atoms with Crippen LogP contribution in [-0.4, -0.2) is 36.9 Å². The van der Waals surface area contributed by atoms with Gasteiger partial charge in [0.15, 0.2) is 0 Å². The smallest absolute Gasteiger partial charge is 0.341 e. The summed E-state index contributed by atoms with van der Waals surface area (Å²) in [6.45, 7) is 10.5. The largest absolute Gasteiger partial charge is 0.497 e. The van der Waals surface area contributed by atoms with E-state index < -0.39 is 0 Å². The van der Waals surface area contributed by atoms with Crippen molar-refractivity contribution in [3.8, 4) is 5.75 Å². The molecule has 31 heavy (non-hydrogen) atoms. The third kappa shape index (κ3) is 5.42. The van der Waals surface area contributed by atoms with Crippen molar-refractivity contribution in [3.63, 3.8) is 0 Å². The zero-order valence-electron chi connectivity index (χ0n) is 18.9. The third-order valence-corrected chi connectivity index (χ3v) is 7.49. The Balaban J connectivity index is 1.83. The van der Waals surface area contributed by atoms with Crippen LogP contribution in [0.25, 0.3) is 0 Å². The molecule has 0 atom stereocenters. The average molecular weight is 463 g/mol. The van der Waals surface area contributed by atoms with Crippen molar-refractivity contribution in [1.82, 2.24) is 5.32 Å². The number of carbonyl (C=O) groups excluding carboxylic acids is 2. The van der Waals surface area contributed by atoms with Gasteiger partial charge in [-0.15, -0.1) is 23.1 Å². The number of methoxy groups -OCH3 is 1. The minimum Gasteiger partial charge on any atom is -0.497 e. The highest BCUT2D eigenvalue weighted by molar-refractivity contribution is 8.00. The van der Waals surface area contributed by atoms with E-state index in [0.717, 1.165) is 21.1 Å². The molecule has 0 bridgehead atoms. The maximum Gasteiger partial charge on any atom is 0.341 e. The number of fused-ring (bicyclic) bond motifs is 1. The first-order chi connectivity index (χ1) is 14.6. The second-order valence-corrected chi connectivity index (χ2v) is 10.7. The summed E-state index contributed by atoms with van der Waals surface area (Å²) >= 11 is 2.89. The molecule has 1 aliphatic heterocycles. The van der Waals surface area contributed by atoms with Gasteiger partial charge in [0.2, 0.25) is 5.91 Å². The monoisotopic (exact) mass is 462 g/mol. The lowest BCUT2D eigenvalue weighted by atomic mass is 9.81. The van der Waals surface area contributed by atoms with Crippen LogP contribution in [-0.2, 0) is 21.5 Å². The molecule has 3 rings (SSSR count). The van der Waals surface area contributed by atoms with Crippen LogP contribution in [0.4, 0.5) is 5.00 Å².